The molecule has 3 nitrogen and oxygen atoms in total. The van der Waals surface area contributed by atoms with Gasteiger partial charge in [-0.05, 0) is 36.4 Å². The van der Waals surface area contributed by atoms with Crippen LogP contribution >= 0.6 is 11.6 Å². The Labute approximate surface area is 115 Å². The highest BCUT2D eigenvalue weighted by molar-refractivity contribution is 6.30. The fourth-order valence-corrected chi connectivity index (χ4v) is 2.10. The summed E-state index contributed by atoms with van der Waals surface area (Å²) in [4.78, 5) is 0. The van der Waals surface area contributed by atoms with E-state index >= 15 is 0 Å². The second-order valence-electron chi connectivity index (χ2n) is 4.22. The fourth-order valence-electron chi connectivity index (χ4n) is 1.92. The van der Waals surface area contributed by atoms with Crippen LogP contribution in [0.3, 0.4) is 0 Å². The number of halogens is 1. The van der Waals surface area contributed by atoms with E-state index in [4.69, 9.17) is 26.5 Å². The molecule has 2 N–H and O–H groups in total. The van der Waals surface area contributed by atoms with Crippen LogP contribution < -0.4 is 10.5 Å². The standard InChI is InChI=1S/C15H12ClNO2/c16-10-3-1-4-11(7-10)18-9-12-8-13-14(17)5-2-6-15(13)19-12/h1-8H,9,17H2. The van der Waals surface area contributed by atoms with E-state index in [0.29, 0.717) is 23.1 Å². The minimum Gasteiger partial charge on any atom is -0.486 e. The lowest BCUT2D eigenvalue weighted by Gasteiger charge is -2.03. The summed E-state index contributed by atoms with van der Waals surface area (Å²) in [5.41, 5.74) is 7.35. The molecule has 3 aromatic rings. The third-order valence-electron chi connectivity index (χ3n) is 2.82. The molecule has 1 heterocycles. The molecule has 0 aliphatic rings. The Morgan fingerprint density at radius 3 is 2.74 bits per heavy atom. The smallest absolute Gasteiger partial charge is 0.146 e. The van der Waals surface area contributed by atoms with Gasteiger partial charge in [-0.25, -0.2) is 0 Å². The van der Waals surface area contributed by atoms with Crippen LogP contribution in [0.2, 0.25) is 5.02 Å². The lowest BCUT2D eigenvalue weighted by molar-refractivity contribution is 0.274. The van der Waals surface area contributed by atoms with Crippen molar-refractivity contribution >= 4 is 28.3 Å². The Bertz CT molecular complexity index is 721. The molecular formula is C15H12ClNO2. The quantitative estimate of drug-likeness (QED) is 0.726. The molecule has 19 heavy (non-hydrogen) atoms. The van der Waals surface area contributed by atoms with Gasteiger partial charge in [0.25, 0.3) is 0 Å². The average molecular weight is 274 g/mol. The van der Waals surface area contributed by atoms with Gasteiger partial charge in [0.05, 0.1) is 0 Å². The van der Waals surface area contributed by atoms with Crippen molar-refractivity contribution in [1.82, 2.24) is 0 Å². The van der Waals surface area contributed by atoms with Crippen molar-refractivity contribution in [2.24, 2.45) is 0 Å². The molecule has 0 bridgehead atoms. The zero-order valence-electron chi connectivity index (χ0n) is 10.1. The Morgan fingerprint density at radius 2 is 1.95 bits per heavy atom. The van der Waals surface area contributed by atoms with Gasteiger partial charge in [0, 0.05) is 16.1 Å². The van der Waals surface area contributed by atoms with Crippen LogP contribution in [0.25, 0.3) is 11.0 Å². The third kappa shape index (κ3) is 2.51. The number of furan rings is 1. The second kappa shape index (κ2) is 4.86. The Kier molecular flexibility index (Phi) is 3.05. The molecule has 0 aliphatic carbocycles. The molecule has 0 saturated heterocycles. The van der Waals surface area contributed by atoms with Crippen molar-refractivity contribution in [3.63, 3.8) is 0 Å². The van der Waals surface area contributed by atoms with Crippen LogP contribution in [-0.4, -0.2) is 0 Å². The molecule has 4 heteroatoms. The molecule has 96 valence electrons. The summed E-state index contributed by atoms with van der Waals surface area (Å²) in [6, 6.07) is 14.7. The normalized spacial score (nSPS) is 10.8. The first-order chi connectivity index (χ1) is 9.22. The van der Waals surface area contributed by atoms with Gasteiger partial charge in [0.1, 0.15) is 23.7 Å². The van der Waals surface area contributed by atoms with Crippen molar-refractivity contribution < 1.29 is 9.15 Å². The third-order valence-corrected chi connectivity index (χ3v) is 3.06. The number of ether oxygens (including phenoxy) is 1. The van der Waals surface area contributed by atoms with Gasteiger partial charge < -0.3 is 14.9 Å². The highest BCUT2D eigenvalue weighted by atomic mass is 35.5. The number of hydrogen-bond donors (Lipinski definition) is 1. The minimum absolute atomic E-state index is 0.342. The van der Waals surface area contributed by atoms with Crippen LogP contribution in [0.5, 0.6) is 5.75 Å². The topological polar surface area (TPSA) is 48.4 Å². The maximum Gasteiger partial charge on any atom is 0.146 e. The monoisotopic (exact) mass is 273 g/mol. The maximum absolute atomic E-state index is 5.89. The largest absolute Gasteiger partial charge is 0.486 e. The van der Waals surface area contributed by atoms with Crippen molar-refractivity contribution in [3.8, 4) is 5.75 Å². The van der Waals surface area contributed by atoms with Crippen LogP contribution in [0, 0.1) is 0 Å². The number of fused-ring (bicyclic) bond motifs is 1. The predicted octanol–water partition coefficient (Wildman–Crippen LogP) is 4.25. The highest BCUT2D eigenvalue weighted by Crippen LogP contribution is 2.26. The van der Waals surface area contributed by atoms with Crippen molar-refractivity contribution in [1.29, 1.82) is 0 Å². The Morgan fingerprint density at radius 1 is 1.11 bits per heavy atom. The summed E-state index contributed by atoms with van der Waals surface area (Å²) in [7, 11) is 0. The summed E-state index contributed by atoms with van der Waals surface area (Å²) < 4.78 is 11.3. The first-order valence-electron chi connectivity index (χ1n) is 5.87. The van der Waals surface area contributed by atoms with E-state index in [9.17, 15) is 0 Å². The molecule has 2 aromatic carbocycles. The summed E-state index contributed by atoms with van der Waals surface area (Å²) in [6.45, 7) is 0.342. The summed E-state index contributed by atoms with van der Waals surface area (Å²) in [5.74, 6) is 1.44. The van der Waals surface area contributed by atoms with E-state index in [0.717, 1.165) is 16.7 Å². The molecule has 0 atom stereocenters. The summed E-state index contributed by atoms with van der Waals surface area (Å²) >= 11 is 5.89. The molecule has 3 rings (SSSR count). The summed E-state index contributed by atoms with van der Waals surface area (Å²) in [5, 5.41) is 1.55. The molecule has 0 unspecified atom stereocenters. The number of benzene rings is 2. The molecule has 0 radical (unpaired) electrons. The number of nitrogen functional groups attached to an aromatic ring is 1. The van der Waals surface area contributed by atoms with Crippen LogP contribution in [-0.2, 0) is 6.61 Å². The maximum atomic E-state index is 5.89. The molecule has 0 saturated carbocycles. The van der Waals surface area contributed by atoms with E-state index in [2.05, 4.69) is 0 Å². The first kappa shape index (κ1) is 11.9. The SMILES string of the molecule is Nc1cccc2oc(COc3cccc(Cl)c3)cc12. The van der Waals surface area contributed by atoms with Gasteiger partial charge in [-0.3, -0.25) is 0 Å². The predicted molar refractivity (Wildman–Crippen MR) is 76.4 cm³/mol. The van der Waals surface area contributed by atoms with Crippen LogP contribution in [0.15, 0.2) is 52.9 Å². The van der Waals surface area contributed by atoms with Gasteiger partial charge >= 0.3 is 0 Å². The fraction of sp³-hybridized carbons (Fsp3) is 0.0667. The second-order valence-corrected chi connectivity index (χ2v) is 4.65. The zero-order valence-corrected chi connectivity index (χ0v) is 10.9. The van der Waals surface area contributed by atoms with Crippen LogP contribution in [0.1, 0.15) is 5.76 Å². The first-order valence-corrected chi connectivity index (χ1v) is 6.25. The van der Waals surface area contributed by atoms with Gasteiger partial charge in [-0.2, -0.15) is 0 Å². The highest BCUT2D eigenvalue weighted by Gasteiger charge is 2.06. The minimum atomic E-state index is 0.342. The van der Waals surface area contributed by atoms with Crippen molar-refractivity contribution in [3.05, 3.63) is 59.3 Å². The number of anilines is 1. The van der Waals surface area contributed by atoms with Gasteiger partial charge in [-0.1, -0.05) is 23.7 Å². The Balaban J connectivity index is 1.80. The van der Waals surface area contributed by atoms with Gasteiger partial charge in [-0.15, -0.1) is 0 Å². The van der Waals surface area contributed by atoms with Crippen molar-refractivity contribution in [2.75, 3.05) is 5.73 Å². The van der Waals surface area contributed by atoms with E-state index < -0.39 is 0 Å². The van der Waals surface area contributed by atoms with E-state index in [1.807, 2.05) is 36.4 Å². The zero-order chi connectivity index (χ0) is 13.2. The molecule has 1 aromatic heterocycles. The van der Waals surface area contributed by atoms with Gasteiger partial charge in [0.15, 0.2) is 0 Å². The molecule has 0 fully saturated rings. The number of hydrogen-bond acceptors (Lipinski definition) is 3. The van der Waals surface area contributed by atoms with Gasteiger partial charge in [0.2, 0.25) is 0 Å². The average Bonchev–Trinajstić information content (AvgIpc) is 2.81. The molecular weight excluding hydrogens is 262 g/mol. The van der Waals surface area contributed by atoms with Crippen molar-refractivity contribution in [2.45, 2.75) is 6.61 Å². The molecule has 0 aliphatic heterocycles. The molecule has 0 amide bonds. The van der Waals surface area contributed by atoms with E-state index in [-0.39, 0.29) is 0 Å². The lowest BCUT2D eigenvalue weighted by Crippen LogP contribution is -1.93. The van der Waals surface area contributed by atoms with E-state index in [1.54, 1.807) is 12.1 Å². The number of nitrogens with two attached hydrogens (primary N) is 1. The number of rotatable bonds is 3. The summed E-state index contributed by atoms with van der Waals surface area (Å²) in [6.07, 6.45) is 0. The lowest BCUT2D eigenvalue weighted by atomic mass is 10.2. The van der Waals surface area contributed by atoms with E-state index in [1.165, 1.54) is 0 Å². The molecule has 0 spiro atoms. The van der Waals surface area contributed by atoms with Crippen LogP contribution in [0.4, 0.5) is 5.69 Å². The Hall–Kier alpha value is -2.13.